The van der Waals surface area contributed by atoms with Gasteiger partial charge in [-0.2, -0.15) is 0 Å². The van der Waals surface area contributed by atoms with E-state index in [0.29, 0.717) is 13.1 Å². The van der Waals surface area contributed by atoms with Gasteiger partial charge in [0.2, 0.25) is 0 Å². The van der Waals surface area contributed by atoms with Gasteiger partial charge in [0.25, 0.3) is 5.91 Å². The number of aromatic nitrogens is 1. The summed E-state index contributed by atoms with van der Waals surface area (Å²) in [6.07, 6.45) is 0. The van der Waals surface area contributed by atoms with Gasteiger partial charge in [0, 0.05) is 53.9 Å². The van der Waals surface area contributed by atoms with Crippen LogP contribution in [0, 0.1) is 13.8 Å². The van der Waals surface area contributed by atoms with Gasteiger partial charge in [-0.3, -0.25) is 4.79 Å². The number of hydrogen-bond acceptors (Lipinski definition) is 5. The van der Waals surface area contributed by atoms with Crippen molar-refractivity contribution in [2.45, 2.75) is 13.8 Å². The number of methoxy groups -OCH3 is 1. The molecule has 1 amide bonds. The molecule has 3 aromatic rings. The van der Waals surface area contributed by atoms with Gasteiger partial charge in [-0.15, -0.1) is 11.3 Å². The molecular formula is C23H25N3O2S. The number of anilines is 1. The Bertz CT molecular complexity index is 1000. The molecule has 2 heterocycles. The van der Waals surface area contributed by atoms with Crippen LogP contribution in [0.3, 0.4) is 0 Å². The van der Waals surface area contributed by atoms with Crippen molar-refractivity contribution in [1.29, 1.82) is 0 Å². The van der Waals surface area contributed by atoms with Gasteiger partial charge in [-0.1, -0.05) is 18.2 Å². The lowest BCUT2D eigenvalue weighted by Gasteiger charge is -2.36. The number of carbonyl (C=O) groups is 1. The highest BCUT2D eigenvalue weighted by molar-refractivity contribution is 7.15. The molecule has 0 saturated carbocycles. The quantitative estimate of drug-likeness (QED) is 0.643. The summed E-state index contributed by atoms with van der Waals surface area (Å²) in [6, 6.07) is 15.9. The van der Waals surface area contributed by atoms with Crippen molar-refractivity contribution in [2.24, 2.45) is 0 Å². The van der Waals surface area contributed by atoms with Crippen molar-refractivity contribution in [3.63, 3.8) is 0 Å². The van der Waals surface area contributed by atoms with E-state index in [4.69, 9.17) is 4.74 Å². The van der Waals surface area contributed by atoms with Crippen LogP contribution >= 0.6 is 11.3 Å². The molecule has 5 nitrogen and oxygen atoms in total. The number of carbonyl (C=O) groups excluding carboxylic acids is 1. The highest BCUT2D eigenvalue weighted by Gasteiger charge is 2.23. The molecule has 0 aliphatic carbocycles. The third-order valence-corrected chi connectivity index (χ3v) is 6.49. The number of amides is 1. The fraction of sp³-hybridized carbons (Fsp3) is 0.304. The summed E-state index contributed by atoms with van der Waals surface area (Å²) in [5, 5.41) is 0.970. The van der Waals surface area contributed by atoms with Gasteiger partial charge in [-0.25, -0.2) is 4.98 Å². The third-order valence-electron chi connectivity index (χ3n) is 5.37. The zero-order valence-corrected chi connectivity index (χ0v) is 17.8. The van der Waals surface area contributed by atoms with Crippen molar-refractivity contribution >= 4 is 22.9 Å². The maximum Gasteiger partial charge on any atom is 0.253 e. The lowest BCUT2D eigenvalue weighted by atomic mass is 10.1. The van der Waals surface area contributed by atoms with E-state index in [9.17, 15) is 4.79 Å². The first-order valence-electron chi connectivity index (χ1n) is 9.78. The number of thiazole rings is 1. The van der Waals surface area contributed by atoms with Crippen LogP contribution < -0.4 is 9.64 Å². The van der Waals surface area contributed by atoms with Crippen LogP contribution in [0.15, 0.2) is 48.5 Å². The van der Waals surface area contributed by atoms with E-state index in [1.165, 1.54) is 4.88 Å². The molecule has 0 radical (unpaired) electrons. The highest BCUT2D eigenvalue weighted by Crippen LogP contribution is 2.28. The molecule has 0 unspecified atom stereocenters. The number of rotatable bonds is 4. The summed E-state index contributed by atoms with van der Waals surface area (Å²) >= 11 is 1.67. The Morgan fingerprint density at radius 1 is 1.03 bits per heavy atom. The zero-order valence-electron chi connectivity index (χ0n) is 17.0. The lowest BCUT2D eigenvalue weighted by molar-refractivity contribution is 0.0747. The third kappa shape index (κ3) is 4.12. The molecule has 1 aromatic heterocycles. The molecule has 6 heteroatoms. The van der Waals surface area contributed by atoms with E-state index in [1.54, 1.807) is 18.4 Å². The van der Waals surface area contributed by atoms with E-state index in [-0.39, 0.29) is 5.91 Å². The molecule has 1 fully saturated rings. The molecule has 1 aliphatic heterocycles. The molecule has 1 saturated heterocycles. The van der Waals surface area contributed by atoms with Gasteiger partial charge < -0.3 is 14.5 Å². The molecule has 2 aromatic carbocycles. The minimum atomic E-state index is 0.0853. The number of benzene rings is 2. The topological polar surface area (TPSA) is 45.7 Å². The number of nitrogens with zero attached hydrogens (tertiary/aromatic N) is 3. The first kappa shape index (κ1) is 19.5. The molecule has 150 valence electrons. The minimum absolute atomic E-state index is 0.0853. The Kier molecular flexibility index (Phi) is 5.53. The van der Waals surface area contributed by atoms with Crippen molar-refractivity contribution in [2.75, 3.05) is 38.2 Å². The molecule has 0 atom stereocenters. The van der Waals surface area contributed by atoms with Crippen LogP contribution in [0.4, 0.5) is 5.69 Å². The number of piperazine rings is 1. The maximum absolute atomic E-state index is 13.1. The minimum Gasteiger partial charge on any atom is -0.497 e. The van der Waals surface area contributed by atoms with Crippen LogP contribution in [0.1, 0.15) is 20.9 Å². The van der Waals surface area contributed by atoms with Gasteiger partial charge in [0.15, 0.2) is 0 Å². The summed E-state index contributed by atoms with van der Waals surface area (Å²) in [7, 11) is 1.68. The van der Waals surface area contributed by atoms with Crippen LogP contribution in [0.5, 0.6) is 5.75 Å². The van der Waals surface area contributed by atoms with E-state index in [1.807, 2.05) is 54.3 Å². The second-order valence-electron chi connectivity index (χ2n) is 7.22. The monoisotopic (exact) mass is 407 g/mol. The lowest BCUT2D eigenvalue weighted by Crippen LogP contribution is -2.48. The molecule has 0 N–H and O–H groups in total. The Morgan fingerprint density at radius 2 is 1.79 bits per heavy atom. The van der Waals surface area contributed by atoms with E-state index in [0.717, 1.165) is 46.4 Å². The zero-order chi connectivity index (χ0) is 20.4. The summed E-state index contributed by atoms with van der Waals surface area (Å²) in [5.74, 6) is 0.938. The molecule has 0 spiro atoms. The first-order valence-corrected chi connectivity index (χ1v) is 10.6. The van der Waals surface area contributed by atoms with Crippen LogP contribution in [0.25, 0.3) is 10.6 Å². The standard InChI is InChI=1S/C23H25N3O2S/c1-16-17(2)29-22(24-16)18-6-4-7-19(14-18)23(27)26-12-10-25(11-13-26)20-8-5-9-21(15-20)28-3/h4-9,14-15H,10-13H2,1-3H3. The second-order valence-corrected chi connectivity index (χ2v) is 8.43. The average molecular weight is 408 g/mol. The van der Waals surface area contributed by atoms with Gasteiger partial charge in [0.1, 0.15) is 10.8 Å². The van der Waals surface area contributed by atoms with E-state index in [2.05, 4.69) is 22.9 Å². The predicted molar refractivity (Wildman–Crippen MR) is 118 cm³/mol. The Balaban J connectivity index is 1.45. The van der Waals surface area contributed by atoms with Crippen LogP contribution in [-0.2, 0) is 0 Å². The van der Waals surface area contributed by atoms with Gasteiger partial charge in [0.05, 0.1) is 12.8 Å². The molecular weight excluding hydrogens is 382 g/mol. The Labute approximate surface area is 175 Å². The number of ether oxygens (including phenoxy) is 1. The van der Waals surface area contributed by atoms with Crippen LogP contribution in [0.2, 0.25) is 0 Å². The largest absolute Gasteiger partial charge is 0.497 e. The van der Waals surface area contributed by atoms with Gasteiger partial charge >= 0.3 is 0 Å². The maximum atomic E-state index is 13.1. The molecule has 4 rings (SSSR count). The van der Waals surface area contributed by atoms with Crippen molar-refractivity contribution in [3.8, 4) is 16.3 Å². The summed E-state index contributed by atoms with van der Waals surface area (Å²) in [4.78, 5) is 23.1. The normalized spacial score (nSPS) is 14.2. The van der Waals surface area contributed by atoms with Crippen molar-refractivity contribution in [3.05, 3.63) is 64.7 Å². The highest BCUT2D eigenvalue weighted by atomic mass is 32.1. The summed E-state index contributed by atoms with van der Waals surface area (Å²) in [6.45, 7) is 7.12. The van der Waals surface area contributed by atoms with E-state index < -0.39 is 0 Å². The Morgan fingerprint density at radius 3 is 2.48 bits per heavy atom. The molecule has 29 heavy (non-hydrogen) atoms. The van der Waals surface area contributed by atoms with Gasteiger partial charge in [-0.05, 0) is 38.1 Å². The smallest absolute Gasteiger partial charge is 0.253 e. The van der Waals surface area contributed by atoms with Crippen molar-refractivity contribution in [1.82, 2.24) is 9.88 Å². The average Bonchev–Trinajstić information content (AvgIpc) is 3.12. The number of aryl methyl sites for hydroxylation is 2. The predicted octanol–water partition coefficient (Wildman–Crippen LogP) is 4.40. The number of hydrogen-bond donors (Lipinski definition) is 0. The van der Waals surface area contributed by atoms with Crippen molar-refractivity contribution < 1.29 is 9.53 Å². The van der Waals surface area contributed by atoms with Crippen LogP contribution in [-0.4, -0.2) is 49.1 Å². The Hall–Kier alpha value is -2.86. The summed E-state index contributed by atoms with van der Waals surface area (Å²) < 4.78 is 5.32. The SMILES string of the molecule is COc1cccc(N2CCN(C(=O)c3cccc(-c4nc(C)c(C)s4)c3)CC2)c1. The fourth-order valence-corrected chi connectivity index (χ4v) is 4.45. The van der Waals surface area contributed by atoms with E-state index >= 15 is 0 Å². The molecule has 0 bridgehead atoms. The summed E-state index contributed by atoms with van der Waals surface area (Å²) in [5.41, 5.74) is 3.92. The molecule has 1 aliphatic rings. The fourth-order valence-electron chi connectivity index (χ4n) is 3.54. The first-order chi connectivity index (χ1) is 14.0. The second kappa shape index (κ2) is 8.25.